The van der Waals surface area contributed by atoms with Crippen molar-refractivity contribution in [1.82, 2.24) is 39.7 Å². The van der Waals surface area contributed by atoms with E-state index in [1.54, 1.807) is 24.8 Å². The van der Waals surface area contributed by atoms with Crippen molar-refractivity contribution in [1.29, 1.82) is 5.26 Å². The van der Waals surface area contributed by atoms with Gasteiger partial charge in [-0.25, -0.2) is 9.97 Å². The Labute approximate surface area is 233 Å². The Bertz CT molecular complexity index is 1750. The number of rotatable bonds is 5. The van der Waals surface area contributed by atoms with Crippen molar-refractivity contribution in [2.45, 2.75) is 57.0 Å². The minimum atomic E-state index is 0.00377. The van der Waals surface area contributed by atoms with Crippen molar-refractivity contribution in [2.75, 3.05) is 5.73 Å². The number of nitrogens with two attached hydrogens (primary N) is 1. The molecule has 0 aromatic carbocycles. The number of piperidine rings is 1. The number of amides is 1. The number of carbonyl (C=O) groups is 1. The van der Waals surface area contributed by atoms with Crippen LogP contribution in [0, 0.1) is 11.3 Å². The highest BCUT2D eigenvalue weighted by molar-refractivity contribution is 7.13. The summed E-state index contributed by atoms with van der Waals surface area (Å²) in [6, 6.07) is 6.33. The van der Waals surface area contributed by atoms with Crippen molar-refractivity contribution in [3.63, 3.8) is 0 Å². The summed E-state index contributed by atoms with van der Waals surface area (Å²) in [6.07, 6.45) is 11.0. The van der Waals surface area contributed by atoms with Gasteiger partial charge in [0.15, 0.2) is 5.65 Å². The fourth-order valence-electron chi connectivity index (χ4n) is 6.30. The monoisotopic (exact) mass is 550 g/mol. The minimum absolute atomic E-state index is 0.00377. The van der Waals surface area contributed by atoms with Crippen LogP contribution in [0.25, 0.3) is 27.5 Å². The van der Waals surface area contributed by atoms with Gasteiger partial charge in [-0.15, -0.1) is 11.3 Å². The second-order valence-electron chi connectivity index (χ2n) is 10.3. The average molecular weight is 551 g/mol. The Hall–Kier alpha value is -4.63. The predicted octanol–water partition coefficient (Wildman–Crippen LogP) is 4.20. The highest BCUT2D eigenvalue weighted by atomic mass is 32.1. The first-order valence-corrected chi connectivity index (χ1v) is 14.2. The number of nitrogens with one attached hydrogen (secondary N) is 1. The third-order valence-electron chi connectivity index (χ3n) is 8.22. The molecular weight excluding hydrogens is 524 g/mol. The molecule has 5 aromatic rings. The summed E-state index contributed by atoms with van der Waals surface area (Å²) in [4.78, 5) is 29.5. The number of thiazole rings is 1. The van der Waals surface area contributed by atoms with Crippen LogP contribution in [-0.2, 0) is 6.42 Å². The van der Waals surface area contributed by atoms with E-state index in [9.17, 15) is 10.1 Å². The number of anilines is 1. The zero-order valence-corrected chi connectivity index (χ0v) is 22.6. The fraction of sp³-hybridized carbons (Fsp3) is 0.321. The third-order valence-corrected chi connectivity index (χ3v) is 9.01. The lowest BCUT2D eigenvalue weighted by Crippen LogP contribution is -2.46. The molecule has 11 nitrogen and oxygen atoms in total. The molecule has 3 N–H and O–H groups in total. The smallest absolute Gasteiger partial charge is 0.272 e. The maximum Gasteiger partial charge on any atom is 0.272 e. The summed E-state index contributed by atoms with van der Waals surface area (Å²) < 4.78 is 1.53. The van der Waals surface area contributed by atoms with E-state index in [0.29, 0.717) is 22.6 Å². The van der Waals surface area contributed by atoms with Crippen LogP contribution in [0.5, 0.6) is 0 Å². The molecule has 0 radical (unpaired) electrons. The number of carbonyl (C=O) groups excluding carboxylic acids is 1. The van der Waals surface area contributed by atoms with Gasteiger partial charge in [0.25, 0.3) is 5.91 Å². The molecule has 2 saturated heterocycles. The molecule has 0 saturated carbocycles. The zero-order valence-electron chi connectivity index (χ0n) is 21.8. The van der Waals surface area contributed by atoms with Crippen molar-refractivity contribution < 1.29 is 4.79 Å². The summed E-state index contributed by atoms with van der Waals surface area (Å²) in [7, 11) is 0. The fourth-order valence-corrected chi connectivity index (χ4v) is 6.92. The topological polar surface area (TPSA) is 155 Å². The minimum Gasteiger partial charge on any atom is -0.382 e. The van der Waals surface area contributed by atoms with Crippen molar-refractivity contribution >= 4 is 28.7 Å². The van der Waals surface area contributed by atoms with Gasteiger partial charge in [-0.05, 0) is 38.2 Å². The Morgan fingerprint density at radius 3 is 2.70 bits per heavy atom. The molecule has 12 heteroatoms. The van der Waals surface area contributed by atoms with Crippen LogP contribution in [0.2, 0.25) is 0 Å². The number of fused-ring (bicyclic) bond motifs is 3. The summed E-state index contributed by atoms with van der Waals surface area (Å²) in [5, 5.41) is 24.4. The average Bonchev–Trinajstić information content (AvgIpc) is 3.79. The van der Waals surface area contributed by atoms with E-state index in [1.807, 2.05) is 29.3 Å². The van der Waals surface area contributed by atoms with Crippen LogP contribution in [0.15, 0.2) is 42.3 Å². The van der Waals surface area contributed by atoms with Crippen LogP contribution in [0.3, 0.4) is 0 Å². The van der Waals surface area contributed by atoms with Gasteiger partial charge in [-0.3, -0.25) is 14.9 Å². The van der Waals surface area contributed by atoms with E-state index in [4.69, 9.17) is 10.7 Å². The number of nitrogen functional groups attached to an aromatic ring is 1. The highest BCUT2D eigenvalue weighted by Crippen LogP contribution is 2.45. The summed E-state index contributed by atoms with van der Waals surface area (Å²) in [6.45, 7) is 2.02. The SMILES string of the molecule is CCc1cn[nH]c1C(=O)N1C2CCC1CC(c1nc3c(-c4ccc(-c5nccs5)nc4)cnn3c(N)c1C#N)C2. The number of hydrogen-bond acceptors (Lipinski definition) is 9. The largest absolute Gasteiger partial charge is 0.382 e. The van der Waals surface area contributed by atoms with Gasteiger partial charge in [0.05, 0.1) is 23.8 Å². The van der Waals surface area contributed by atoms with Gasteiger partial charge in [0, 0.05) is 52.5 Å². The van der Waals surface area contributed by atoms with E-state index in [1.165, 1.54) is 15.9 Å². The number of hydrogen-bond donors (Lipinski definition) is 2. The molecular formula is C28H26N10OS. The second-order valence-corrected chi connectivity index (χ2v) is 11.2. The molecule has 2 atom stereocenters. The lowest BCUT2D eigenvalue weighted by molar-refractivity contribution is 0.0562. The Morgan fingerprint density at radius 1 is 1.20 bits per heavy atom. The molecule has 0 spiro atoms. The Kier molecular flexibility index (Phi) is 5.82. The normalized spacial score (nSPS) is 20.2. The zero-order chi connectivity index (χ0) is 27.4. The van der Waals surface area contributed by atoms with Crippen LogP contribution < -0.4 is 5.73 Å². The molecule has 2 aliphatic rings. The lowest BCUT2D eigenvalue weighted by Gasteiger charge is -2.39. The quantitative estimate of drug-likeness (QED) is 0.330. The van der Waals surface area contributed by atoms with Gasteiger partial charge in [-0.1, -0.05) is 13.0 Å². The van der Waals surface area contributed by atoms with E-state index >= 15 is 0 Å². The van der Waals surface area contributed by atoms with E-state index in [0.717, 1.165) is 59.5 Å². The summed E-state index contributed by atoms with van der Waals surface area (Å²) in [5.41, 5.74) is 12.1. The molecule has 2 bridgehead atoms. The predicted molar refractivity (Wildman–Crippen MR) is 149 cm³/mol. The summed E-state index contributed by atoms with van der Waals surface area (Å²) in [5.74, 6) is 0.289. The molecule has 7 heterocycles. The Balaban J connectivity index is 1.23. The molecule has 7 rings (SSSR count). The number of aromatic nitrogens is 7. The van der Waals surface area contributed by atoms with Crippen molar-refractivity contribution in [2.24, 2.45) is 0 Å². The van der Waals surface area contributed by atoms with Gasteiger partial charge in [-0.2, -0.15) is 20.0 Å². The second kappa shape index (κ2) is 9.53. The van der Waals surface area contributed by atoms with Gasteiger partial charge >= 0.3 is 0 Å². The van der Waals surface area contributed by atoms with E-state index in [2.05, 4.69) is 31.3 Å². The molecule has 200 valence electrons. The van der Waals surface area contributed by atoms with Gasteiger partial charge < -0.3 is 10.6 Å². The van der Waals surface area contributed by atoms with E-state index < -0.39 is 0 Å². The number of pyridine rings is 1. The molecule has 5 aromatic heterocycles. The van der Waals surface area contributed by atoms with Crippen molar-refractivity contribution in [3.8, 4) is 27.9 Å². The maximum atomic E-state index is 13.5. The van der Waals surface area contributed by atoms with Crippen LogP contribution >= 0.6 is 11.3 Å². The maximum absolute atomic E-state index is 13.5. The number of H-pyrrole nitrogens is 1. The molecule has 2 unspecified atom stereocenters. The first-order chi connectivity index (χ1) is 19.6. The van der Waals surface area contributed by atoms with Gasteiger partial charge in [0.2, 0.25) is 0 Å². The standard InChI is InChI=1S/C28H26N10OS/c1-2-15-13-33-36-24(15)28(39)37-18-4-5-19(37)10-17(9-18)23-20(11-29)25(30)38-26(35-23)21(14-34-38)16-3-6-22(32-12-16)27-31-7-8-40-27/h3,6-8,12-14,17-19H,2,4-5,9-10,30H2,1H3,(H,33,36). The molecule has 0 aliphatic carbocycles. The highest BCUT2D eigenvalue weighted by Gasteiger charge is 2.45. The first-order valence-electron chi connectivity index (χ1n) is 13.4. The lowest BCUT2D eigenvalue weighted by atomic mass is 9.85. The molecule has 40 heavy (non-hydrogen) atoms. The number of aromatic amines is 1. The molecule has 1 amide bonds. The number of nitrogens with zero attached hydrogens (tertiary/aromatic N) is 8. The molecule has 2 aliphatic heterocycles. The Morgan fingerprint density at radius 2 is 2.02 bits per heavy atom. The molecule has 2 fully saturated rings. The van der Waals surface area contributed by atoms with Crippen molar-refractivity contribution in [3.05, 3.63) is 64.8 Å². The van der Waals surface area contributed by atoms with Crippen LogP contribution in [0.4, 0.5) is 5.82 Å². The number of nitriles is 1. The third kappa shape index (κ3) is 3.76. The van der Waals surface area contributed by atoms with Gasteiger partial charge in [0.1, 0.15) is 28.2 Å². The van der Waals surface area contributed by atoms with Crippen LogP contribution in [0.1, 0.15) is 65.8 Å². The van der Waals surface area contributed by atoms with E-state index in [-0.39, 0.29) is 29.7 Å². The summed E-state index contributed by atoms with van der Waals surface area (Å²) >= 11 is 1.53. The number of aryl methyl sites for hydroxylation is 1. The van der Waals surface area contributed by atoms with Crippen LogP contribution in [-0.4, -0.2) is 57.7 Å². The first kappa shape index (κ1) is 24.4.